The van der Waals surface area contributed by atoms with Gasteiger partial charge in [0.15, 0.2) is 0 Å². The van der Waals surface area contributed by atoms with Crippen LogP contribution in [0.4, 0.5) is 5.69 Å². The summed E-state index contributed by atoms with van der Waals surface area (Å²) in [6.45, 7) is 2.50. The maximum Gasteiger partial charge on any atom is 0.261 e. The second-order valence-electron chi connectivity index (χ2n) is 7.13. The van der Waals surface area contributed by atoms with Crippen molar-refractivity contribution in [2.45, 2.75) is 56.9 Å². The largest absolute Gasteiger partial charge is 0.294 e. The fourth-order valence-corrected chi connectivity index (χ4v) is 4.27. The molecule has 7 heteroatoms. The van der Waals surface area contributed by atoms with Crippen LogP contribution in [0.3, 0.4) is 0 Å². The van der Waals surface area contributed by atoms with Crippen LogP contribution in [0.1, 0.15) is 56.9 Å². The maximum absolute atomic E-state index is 9.19. The van der Waals surface area contributed by atoms with Crippen molar-refractivity contribution in [2.75, 3.05) is 19.3 Å². The molecular formula is C19H28N2O3S2. The van der Waals surface area contributed by atoms with E-state index in [0.29, 0.717) is 6.26 Å². The molecule has 0 atom stereocenters. The lowest BCUT2D eigenvalue weighted by Gasteiger charge is -2.48. The standard InChI is InChI=1S/C18H24N2S.CH4O3S/c21-15-19-17-9-7-8-16(14-17)18(10-3-1-4-11-18)20-12-5-2-6-13-20;1-5(2,3)4/h7-9,14H,1-6,10-13H2;1H3,(H,2,3,4). The number of aliphatic imine (C=N–C) groups is 1. The number of rotatable bonds is 3. The molecule has 144 valence electrons. The first-order chi connectivity index (χ1) is 12.3. The number of piperidine rings is 1. The summed E-state index contributed by atoms with van der Waals surface area (Å²) in [7, 11) is -3.67. The van der Waals surface area contributed by atoms with Gasteiger partial charge < -0.3 is 0 Å². The Morgan fingerprint density at radius 2 is 1.69 bits per heavy atom. The van der Waals surface area contributed by atoms with Crippen molar-refractivity contribution in [2.24, 2.45) is 4.99 Å². The fourth-order valence-electron chi connectivity index (χ4n) is 4.16. The highest BCUT2D eigenvalue weighted by Gasteiger charge is 2.39. The first-order valence-electron chi connectivity index (χ1n) is 9.21. The zero-order chi connectivity index (χ0) is 19.0. The highest BCUT2D eigenvalue weighted by Crippen LogP contribution is 2.44. The van der Waals surface area contributed by atoms with E-state index in [0.717, 1.165) is 5.69 Å². The molecule has 2 fully saturated rings. The van der Waals surface area contributed by atoms with Crippen molar-refractivity contribution in [3.05, 3.63) is 29.8 Å². The molecule has 0 unspecified atom stereocenters. The first-order valence-corrected chi connectivity index (χ1v) is 11.5. The van der Waals surface area contributed by atoms with Gasteiger partial charge in [0.05, 0.1) is 17.1 Å². The Kier molecular flexibility index (Phi) is 7.92. The molecule has 3 rings (SSSR count). The molecule has 0 amide bonds. The van der Waals surface area contributed by atoms with Crippen molar-refractivity contribution < 1.29 is 13.0 Å². The van der Waals surface area contributed by atoms with Crippen molar-refractivity contribution >= 4 is 33.2 Å². The van der Waals surface area contributed by atoms with Gasteiger partial charge in [0.1, 0.15) is 0 Å². The molecule has 1 aromatic carbocycles. The average Bonchev–Trinajstić information content (AvgIpc) is 2.62. The van der Waals surface area contributed by atoms with Crippen LogP contribution in [-0.4, -0.2) is 42.4 Å². The minimum absolute atomic E-state index is 0.242. The van der Waals surface area contributed by atoms with E-state index in [2.05, 4.69) is 33.3 Å². The molecule has 0 bridgehead atoms. The Hall–Kier alpha value is -1.11. The van der Waals surface area contributed by atoms with Gasteiger partial charge in [0, 0.05) is 5.54 Å². The maximum atomic E-state index is 9.19. The van der Waals surface area contributed by atoms with Crippen LogP contribution in [0.15, 0.2) is 29.3 Å². The predicted octanol–water partition coefficient (Wildman–Crippen LogP) is 4.57. The van der Waals surface area contributed by atoms with E-state index in [1.807, 2.05) is 6.07 Å². The van der Waals surface area contributed by atoms with Gasteiger partial charge in [-0.15, -0.1) is 0 Å². The quantitative estimate of drug-likeness (QED) is 0.460. The summed E-state index contributed by atoms with van der Waals surface area (Å²) in [6, 6.07) is 8.68. The van der Waals surface area contributed by atoms with Gasteiger partial charge in [-0.25, -0.2) is 0 Å². The molecule has 0 radical (unpaired) electrons. The van der Waals surface area contributed by atoms with Crippen LogP contribution < -0.4 is 0 Å². The summed E-state index contributed by atoms with van der Waals surface area (Å²) in [4.78, 5) is 6.94. The van der Waals surface area contributed by atoms with E-state index >= 15 is 0 Å². The van der Waals surface area contributed by atoms with Gasteiger partial charge in [-0.3, -0.25) is 9.45 Å². The van der Waals surface area contributed by atoms with E-state index in [1.54, 1.807) is 0 Å². The number of hydrogen-bond acceptors (Lipinski definition) is 5. The average molecular weight is 397 g/mol. The first kappa shape index (κ1) is 21.2. The third kappa shape index (κ3) is 6.25. The number of nitrogens with zero attached hydrogens (tertiary/aromatic N) is 2. The third-order valence-electron chi connectivity index (χ3n) is 5.20. The monoisotopic (exact) mass is 396 g/mol. The predicted molar refractivity (Wildman–Crippen MR) is 109 cm³/mol. The van der Waals surface area contributed by atoms with Crippen LogP contribution in [-0.2, 0) is 15.7 Å². The molecule has 1 aliphatic carbocycles. The number of benzene rings is 1. The second kappa shape index (κ2) is 9.72. The molecule has 0 aromatic heterocycles. The number of hydrogen-bond donors (Lipinski definition) is 1. The van der Waals surface area contributed by atoms with E-state index in [-0.39, 0.29) is 5.54 Å². The van der Waals surface area contributed by atoms with Crippen molar-refractivity contribution in [3.63, 3.8) is 0 Å². The summed E-state index contributed by atoms with van der Waals surface area (Å²) >= 11 is 4.76. The van der Waals surface area contributed by atoms with Crippen LogP contribution in [0.25, 0.3) is 0 Å². The Morgan fingerprint density at radius 1 is 1.12 bits per heavy atom. The molecule has 2 aliphatic rings. The molecule has 1 aliphatic heterocycles. The van der Waals surface area contributed by atoms with Crippen LogP contribution >= 0.6 is 12.2 Å². The lowest BCUT2D eigenvalue weighted by Crippen LogP contribution is -2.49. The van der Waals surface area contributed by atoms with Gasteiger partial charge >= 0.3 is 0 Å². The van der Waals surface area contributed by atoms with Crippen molar-refractivity contribution in [3.8, 4) is 0 Å². The Bertz CT molecular complexity index is 723. The van der Waals surface area contributed by atoms with Crippen molar-refractivity contribution in [1.82, 2.24) is 4.90 Å². The summed E-state index contributed by atoms with van der Waals surface area (Å²) in [5.74, 6) is 0. The Balaban J connectivity index is 0.000000431. The van der Waals surface area contributed by atoms with E-state index in [9.17, 15) is 8.42 Å². The van der Waals surface area contributed by atoms with Crippen LogP contribution in [0, 0.1) is 0 Å². The second-order valence-corrected chi connectivity index (χ2v) is 8.78. The van der Waals surface area contributed by atoms with E-state index < -0.39 is 10.1 Å². The lowest BCUT2D eigenvalue weighted by molar-refractivity contribution is 0.0304. The third-order valence-corrected chi connectivity index (χ3v) is 5.29. The molecule has 0 spiro atoms. The summed E-state index contributed by atoms with van der Waals surface area (Å²) in [5, 5.41) is 2.50. The topological polar surface area (TPSA) is 70.0 Å². The normalized spacial score (nSPS) is 20.4. The molecule has 5 nitrogen and oxygen atoms in total. The van der Waals surface area contributed by atoms with Gasteiger partial charge in [-0.1, -0.05) is 37.8 Å². The molecule has 1 aromatic rings. The molecule has 26 heavy (non-hydrogen) atoms. The molecule has 1 N–H and O–H groups in total. The Labute approximate surface area is 162 Å². The van der Waals surface area contributed by atoms with Crippen LogP contribution in [0.5, 0.6) is 0 Å². The van der Waals surface area contributed by atoms with Crippen LogP contribution in [0.2, 0.25) is 0 Å². The number of isothiocyanates is 1. The summed E-state index contributed by atoms with van der Waals surface area (Å²) in [5.41, 5.74) is 2.63. The SMILES string of the molecule is CS(=O)(=O)O.S=C=Nc1cccc(C2(N3CCCCC3)CCCCC2)c1. The summed E-state index contributed by atoms with van der Waals surface area (Å²) in [6.07, 6.45) is 11.4. The fraction of sp³-hybridized carbons (Fsp3) is 0.632. The van der Waals surface area contributed by atoms with Crippen molar-refractivity contribution in [1.29, 1.82) is 0 Å². The highest BCUT2D eigenvalue weighted by atomic mass is 32.2. The van der Waals surface area contributed by atoms with Gasteiger partial charge in [-0.2, -0.15) is 13.4 Å². The lowest BCUT2D eigenvalue weighted by atomic mass is 9.74. The number of thiocarbonyl (C=S) groups is 1. The van der Waals surface area contributed by atoms with E-state index in [1.165, 1.54) is 70.0 Å². The molecule has 1 saturated carbocycles. The zero-order valence-electron chi connectivity index (χ0n) is 15.4. The zero-order valence-corrected chi connectivity index (χ0v) is 17.0. The minimum atomic E-state index is -3.67. The van der Waals surface area contributed by atoms with E-state index in [4.69, 9.17) is 16.8 Å². The molecular weight excluding hydrogens is 368 g/mol. The van der Waals surface area contributed by atoms with Gasteiger partial charge in [0.2, 0.25) is 0 Å². The summed E-state index contributed by atoms with van der Waals surface area (Å²) < 4.78 is 25.9. The Morgan fingerprint density at radius 3 is 2.27 bits per heavy atom. The van der Waals surface area contributed by atoms with Gasteiger partial charge in [0.25, 0.3) is 10.1 Å². The number of likely N-dealkylation sites (tertiary alicyclic amines) is 1. The molecule has 1 saturated heterocycles. The smallest absolute Gasteiger partial charge is 0.261 e. The molecule has 1 heterocycles. The minimum Gasteiger partial charge on any atom is -0.294 e. The van der Waals surface area contributed by atoms with Gasteiger partial charge in [-0.05, 0) is 68.7 Å². The highest BCUT2D eigenvalue weighted by molar-refractivity contribution is 7.85.